The van der Waals surface area contributed by atoms with E-state index in [2.05, 4.69) is 15.9 Å². The van der Waals surface area contributed by atoms with Crippen molar-refractivity contribution in [3.63, 3.8) is 0 Å². The average Bonchev–Trinajstić information content (AvgIpc) is 3.47. The molecule has 41 heavy (non-hydrogen) atoms. The van der Waals surface area contributed by atoms with E-state index < -0.39 is 17.8 Å². The van der Waals surface area contributed by atoms with E-state index in [1.807, 2.05) is 32.0 Å². The van der Waals surface area contributed by atoms with Crippen molar-refractivity contribution in [2.45, 2.75) is 70.3 Å². The monoisotopic (exact) mass is 625 g/mol. The number of halogens is 1. The van der Waals surface area contributed by atoms with Crippen LogP contribution in [0.1, 0.15) is 75.3 Å². The molecular formula is C32H36BrNO7. The number of Topliss-reactive ketones (excluding diaryl/α,β-unsaturated/α-hetero) is 1. The fourth-order valence-electron chi connectivity index (χ4n) is 6.40. The molecular weight excluding hydrogens is 590 g/mol. The summed E-state index contributed by atoms with van der Waals surface area (Å²) in [5.74, 6) is -0.290. The van der Waals surface area contributed by atoms with Gasteiger partial charge in [-0.05, 0) is 103 Å². The highest BCUT2D eigenvalue weighted by atomic mass is 79.9. The van der Waals surface area contributed by atoms with Crippen LogP contribution in [0.2, 0.25) is 0 Å². The van der Waals surface area contributed by atoms with Crippen molar-refractivity contribution in [3.05, 3.63) is 57.2 Å². The molecule has 0 amide bonds. The standard InChI is InChI=1S/C32H36BrNO7/c1-5-40-27-16-20(12-22(33)31(27)36)29-28(32(37)41-21-8-6-7-9-21)17(2)34-23-13-19(14-24(35)30(23)29)18-10-11-25(38-3)26(15-18)39-4/h10-12,15-16,19,21,29-30,36H,5-9,13-14H2,1-4H3/t19-,29+,30?/m0/s1. The molecule has 1 aliphatic heterocycles. The van der Waals surface area contributed by atoms with E-state index in [-0.39, 0.29) is 35.7 Å². The molecule has 8 nitrogen and oxygen atoms in total. The van der Waals surface area contributed by atoms with Gasteiger partial charge in [0.25, 0.3) is 0 Å². The molecule has 1 unspecified atom stereocenters. The first-order chi connectivity index (χ1) is 19.7. The van der Waals surface area contributed by atoms with E-state index in [0.717, 1.165) is 37.0 Å². The Morgan fingerprint density at radius 2 is 1.71 bits per heavy atom. The number of benzene rings is 2. The highest BCUT2D eigenvalue weighted by molar-refractivity contribution is 9.10. The van der Waals surface area contributed by atoms with E-state index in [4.69, 9.17) is 23.9 Å². The van der Waals surface area contributed by atoms with Gasteiger partial charge in [-0.3, -0.25) is 9.79 Å². The van der Waals surface area contributed by atoms with Crippen molar-refractivity contribution in [2.75, 3.05) is 20.8 Å². The summed E-state index contributed by atoms with van der Waals surface area (Å²) in [6.45, 7) is 3.99. The Kier molecular flexibility index (Phi) is 8.73. The third-order valence-corrected chi connectivity index (χ3v) is 8.94. The summed E-state index contributed by atoms with van der Waals surface area (Å²) in [5, 5.41) is 10.6. The van der Waals surface area contributed by atoms with Gasteiger partial charge in [0, 0.05) is 23.7 Å². The first-order valence-electron chi connectivity index (χ1n) is 14.1. The SMILES string of the molecule is CCOc1cc([C@@H]2C(C(=O)OC3CCCC3)=C(C)N=C3C[C@H](c4ccc(OC)c(OC)c4)CC(=O)C32)cc(Br)c1O. The van der Waals surface area contributed by atoms with Gasteiger partial charge >= 0.3 is 5.97 Å². The number of fused-ring (bicyclic) bond motifs is 1. The second-order valence-electron chi connectivity index (χ2n) is 10.8. The van der Waals surface area contributed by atoms with Gasteiger partial charge < -0.3 is 24.1 Å². The van der Waals surface area contributed by atoms with Crippen LogP contribution in [0.25, 0.3) is 0 Å². The Morgan fingerprint density at radius 3 is 2.39 bits per heavy atom. The quantitative estimate of drug-likeness (QED) is 0.328. The van der Waals surface area contributed by atoms with Crippen LogP contribution < -0.4 is 14.2 Å². The fourth-order valence-corrected chi connectivity index (χ4v) is 6.86. The average molecular weight is 627 g/mol. The number of esters is 1. The van der Waals surface area contributed by atoms with Crippen LogP contribution in [0.15, 0.2) is 51.1 Å². The first kappa shape index (κ1) is 29.2. The Hall–Kier alpha value is -3.33. The second kappa shape index (κ2) is 12.3. The Balaban J connectivity index is 1.58. The van der Waals surface area contributed by atoms with Crippen molar-refractivity contribution in [1.82, 2.24) is 0 Å². The van der Waals surface area contributed by atoms with Crippen LogP contribution in [0.3, 0.4) is 0 Å². The number of allylic oxidation sites excluding steroid dienone is 1. The Labute approximate surface area is 248 Å². The number of carbonyl (C=O) groups is 2. The number of ketones is 1. The molecule has 0 saturated heterocycles. The number of rotatable bonds is 8. The summed E-state index contributed by atoms with van der Waals surface area (Å²) in [5.41, 5.74) is 3.33. The molecule has 2 aromatic rings. The number of carbonyl (C=O) groups excluding carboxylic acids is 2. The summed E-state index contributed by atoms with van der Waals surface area (Å²) in [4.78, 5) is 32.7. The number of aromatic hydroxyl groups is 1. The molecule has 2 aliphatic carbocycles. The van der Waals surface area contributed by atoms with Gasteiger partial charge in [0.1, 0.15) is 11.9 Å². The van der Waals surface area contributed by atoms with Crippen LogP contribution in [0, 0.1) is 5.92 Å². The van der Waals surface area contributed by atoms with Gasteiger partial charge in [-0.25, -0.2) is 4.79 Å². The fraction of sp³-hybridized carbons (Fsp3) is 0.469. The molecule has 9 heteroatoms. The molecule has 0 bridgehead atoms. The zero-order valence-corrected chi connectivity index (χ0v) is 25.5. The zero-order chi connectivity index (χ0) is 29.3. The van der Waals surface area contributed by atoms with E-state index in [1.54, 1.807) is 26.4 Å². The maximum atomic E-state index is 14.1. The first-order valence-corrected chi connectivity index (χ1v) is 14.9. The van der Waals surface area contributed by atoms with E-state index in [0.29, 0.717) is 45.8 Å². The Bertz CT molecular complexity index is 1410. The van der Waals surface area contributed by atoms with Crippen molar-refractivity contribution in [2.24, 2.45) is 10.9 Å². The Morgan fingerprint density at radius 1 is 1.00 bits per heavy atom. The molecule has 2 aromatic carbocycles. The minimum absolute atomic E-state index is 0.000564. The molecule has 1 heterocycles. The predicted octanol–water partition coefficient (Wildman–Crippen LogP) is 6.63. The maximum Gasteiger partial charge on any atom is 0.336 e. The number of ether oxygens (including phenoxy) is 4. The second-order valence-corrected chi connectivity index (χ2v) is 11.7. The van der Waals surface area contributed by atoms with Crippen molar-refractivity contribution in [3.8, 4) is 23.0 Å². The van der Waals surface area contributed by atoms with E-state index in [1.165, 1.54) is 0 Å². The van der Waals surface area contributed by atoms with Gasteiger partial charge in [0.2, 0.25) is 0 Å². The molecule has 3 aliphatic rings. The van der Waals surface area contributed by atoms with Crippen molar-refractivity contribution in [1.29, 1.82) is 0 Å². The lowest BCUT2D eigenvalue weighted by Gasteiger charge is -2.38. The molecule has 3 atom stereocenters. The molecule has 218 valence electrons. The van der Waals surface area contributed by atoms with Crippen LogP contribution >= 0.6 is 15.9 Å². The lowest BCUT2D eigenvalue weighted by Crippen LogP contribution is -2.41. The van der Waals surface area contributed by atoms with Gasteiger partial charge in [0.15, 0.2) is 23.0 Å². The lowest BCUT2D eigenvalue weighted by atomic mass is 9.66. The van der Waals surface area contributed by atoms with Crippen LogP contribution in [0.4, 0.5) is 0 Å². The lowest BCUT2D eigenvalue weighted by molar-refractivity contribution is -0.144. The molecule has 2 saturated carbocycles. The van der Waals surface area contributed by atoms with Crippen LogP contribution in [-0.2, 0) is 14.3 Å². The number of phenolic OH excluding ortho intramolecular Hbond substituents is 1. The van der Waals surface area contributed by atoms with E-state index >= 15 is 0 Å². The largest absolute Gasteiger partial charge is 0.503 e. The van der Waals surface area contributed by atoms with Crippen molar-refractivity contribution < 1.29 is 33.6 Å². The summed E-state index contributed by atoms with van der Waals surface area (Å²) < 4.78 is 23.0. The zero-order valence-electron chi connectivity index (χ0n) is 23.9. The number of methoxy groups -OCH3 is 2. The number of hydrogen-bond acceptors (Lipinski definition) is 8. The number of hydrogen-bond donors (Lipinski definition) is 1. The highest BCUT2D eigenvalue weighted by Gasteiger charge is 2.47. The minimum atomic E-state index is -0.632. The summed E-state index contributed by atoms with van der Waals surface area (Å²) >= 11 is 3.45. The van der Waals surface area contributed by atoms with Crippen LogP contribution in [-0.4, -0.2) is 49.5 Å². The summed E-state index contributed by atoms with van der Waals surface area (Å²) in [7, 11) is 3.18. The predicted molar refractivity (Wildman–Crippen MR) is 158 cm³/mol. The maximum absolute atomic E-state index is 14.1. The van der Waals surface area contributed by atoms with Gasteiger partial charge in [0.05, 0.1) is 36.8 Å². The van der Waals surface area contributed by atoms with Gasteiger partial charge in [-0.15, -0.1) is 0 Å². The molecule has 0 aromatic heterocycles. The van der Waals surface area contributed by atoms with E-state index in [9.17, 15) is 14.7 Å². The molecule has 1 N–H and O–H groups in total. The molecule has 0 spiro atoms. The minimum Gasteiger partial charge on any atom is -0.503 e. The number of nitrogens with zero attached hydrogens (tertiary/aromatic N) is 1. The molecule has 5 rings (SSSR count). The van der Waals surface area contributed by atoms with Gasteiger partial charge in [-0.2, -0.15) is 0 Å². The molecule has 0 radical (unpaired) electrons. The third kappa shape index (κ3) is 5.73. The summed E-state index contributed by atoms with van der Waals surface area (Å²) in [6, 6.07) is 9.20. The topological polar surface area (TPSA) is 104 Å². The summed E-state index contributed by atoms with van der Waals surface area (Å²) in [6.07, 6.45) is 4.46. The molecule has 2 fully saturated rings. The van der Waals surface area contributed by atoms with Crippen LogP contribution in [0.5, 0.6) is 23.0 Å². The normalized spacial score (nSPS) is 22.7. The number of phenols is 1. The smallest absolute Gasteiger partial charge is 0.336 e. The number of aliphatic imine (C=N–C) groups is 1. The van der Waals surface area contributed by atoms with Gasteiger partial charge in [-0.1, -0.05) is 6.07 Å². The van der Waals surface area contributed by atoms with Crippen molar-refractivity contribution >= 4 is 33.4 Å². The third-order valence-electron chi connectivity index (χ3n) is 8.34. The highest BCUT2D eigenvalue weighted by Crippen LogP contribution is 2.49.